The third-order valence-corrected chi connectivity index (χ3v) is 5.89. The van der Waals surface area contributed by atoms with Gasteiger partial charge in [0.05, 0.1) is 12.8 Å². The SMILES string of the molecule is C[C@@]1(C2CCN(C(=O)c3ccco3)CC2)NC(=O)N(Cc2ccc(F)cc2)C1=O. The van der Waals surface area contributed by atoms with E-state index in [4.69, 9.17) is 4.42 Å². The average molecular weight is 399 g/mol. The molecule has 2 aromatic rings. The van der Waals surface area contributed by atoms with Crippen LogP contribution in [0, 0.1) is 11.7 Å². The van der Waals surface area contributed by atoms with Crippen molar-refractivity contribution < 1.29 is 23.2 Å². The number of rotatable bonds is 4. The molecule has 0 spiro atoms. The van der Waals surface area contributed by atoms with Crippen LogP contribution in [0.5, 0.6) is 0 Å². The Hall–Kier alpha value is -3.16. The second-order valence-electron chi connectivity index (χ2n) is 7.69. The quantitative estimate of drug-likeness (QED) is 0.802. The van der Waals surface area contributed by atoms with Crippen LogP contribution in [0.3, 0.4) is 0 Å². The Morgan fingerprint density at radius 3 is 2.52 bits per heavy atom. The summed E-state index contributed by atoms with van der Waals surface area (Å²) in [5.74, 6) is -0.615. The van der Waals surface area contributed by atoms with Gasteiger partial charge in [0.2, 0.25) is 0 Å². The van der Waals surface area contributed by atoms with Gasteiger partial charge in [-0.1, -0.05) is 12.1 Å². The second kappa shape index (κ2) is 7.35. The Bertz CT molecular complexity index is 920. The fraction of sp³-hybridized carbons (Fsp3) is 0.381. The van der Waals surface area contributed by atoms with E-state index in [1.54, 1.807) is 36.1 Å². The molecule has 1 aromatic carbocycles. The van der Waals surface area contributed by atoms with Gasteiger partial charge in [0.25, 0.3) is 11.8 Å². The molecule has 29 heavy (non-hydrogen) atoms. The van der Waals surface area contributed by atoms with Gasteiger partial charge in [-0.3, -0.25) is 14.5 Å². The molecule has 0 unspecified atom stereocenters. The second-order valence-corrected chi connectivity index (χ2v) is 7.69. The molecule has 1 atom stereocenters. The van der Waals surface area contributed by atoms with Crippen LogP contribution in [0.1, 0.15) is 35.9 Å². The molecule has 2 fully saturated rings. The molecule has 0 saturated carbocycles. The minimum absolute atomic E-state index is 0.0854. The Morgan fingerprint density at radius 1 is 1.21 bits per heavy atom. The summed E-state index contributed by atoms with van der Waals surface area (Å²) in [6.07, 6.45) is 2.65. The van der Waals surface area contributed by atoms with Gasteiger partial charge < -0.3 is 14.6 Å². The third kappa shape index (κ3) is 3.50. The van der Waals surface area contributed by atoms with Gasteiger partial charge in [-0.05, 0) is 55.5 Å². The molecule has 1 aromatic heterocycles. The first-order valence-corrected chi connectivity index (χ1v) is 9.60. The Labute approximate surface area is 167 Å². The van der Waals surface area contributed by atoms with Crippen molar-refractivity contribution in [3.63, 3.8) is 0 Å². The highest BCUT2D eigenvalue weighted by atomic mass is 19.1. The predicted octanol–water partition coefficient (Wildman–Crippen LogP) is 2.78. The third-order valence-electron chi connectivity index (χ3n) is 5.89. The number of carbonyl (C=O) groups excluding carboxylic acids is 3. The van der Waals surface area contributed by atoms with E-state index in [1.807, 2.05) is 0 Å². The summed E-state index contributed by atoms with van der Waals surface area (Å²) in [7, 11) is 0. The van der Waals surface area contributed by atoms with E-state index >= 15 is 0 Å². The number of carbonyl (C=O) groups is 3. The summed E-state index contributed by atoms with van der Waals surface area (Å²) in [6, 6.07) is 8.58. The number of likely N-dealkylation sites (tertiary alicyclic amines) is 1. The molecular weight excluding hydrogens is 377 g/mol. The zero-order valence-electron chi connectivity index (χ0n) is 16.1. The highest BCUT2D eigenvalue weighted by molar-refractivity contribution is 6.07. The fourth-order valence-electron chi connectivity index (χ4n) is 4.12. The van der Waals surface area contributed by atoms with Crippen LogP contribution in [-0.4, -0.2) is 46.3 Å². The monoisotopic (exact) mass is 399 g/mol. The lowest BCUT2D eigenvalue weighted by atomic mass is 9.79. The average Bonchev–Trinajstić information content (AvgIpc) is 3.33. The number of nitrogens with zero attached hydrogens (tertiary/aromatic N) is 2. The molecule has 0 aliphatic carbocycles. The molecular formula is C21H22FN3O4. The summed E-state index contributed by atoms with van der Waals surface area (Å²) >= 11 is 0. The number of benzene rings is 1. The Morgan fingerprint density at radius 2 is 1.90 bits per heavy atom. The standard InChI is InChI=1S/C21H22FN3O4/c1-21(15-8-10-24(11-9-15)18(26)17-3-2-12-29-17)19(27)25(20(28)23-21)13-14-4-6-16(22)7-5-14/h2-7,12,15H,8-11,13H2,1H3,(H,23,28)/t21-/m0/s1. The van der Waals surface area contributed by atoms with Crippen molar-refractivity contribution in [2.24, 2.45) is 5.92 Å². The summed E-state index contributed by atoms with van der Waals surface area (Å²) < 4.78 is 18.3. The predicted molar refractivity (Wildman–Crippen MR) is 101 cm³/mol. The summed E-state index contributed by atoms with van der Waals surface area (Å²) in [6.45, 7) is 2.81. The van der Waals surface area contributed by atoms with E-state index in [0.717, 1.165) is 0 Å². The molecule has 2 aliphatic heterocycles. The van der Waals surface area contributed by atoms with E-state index in [-0.39, 0.29) is 30.1 Å². The van der Waals surface area contributed by atoms with Crippen LogP contribution in [-0.2, 0) is 11.3 Å². The van der Waals surface area contributed by atoms with Crippen LogP contribution in [0.2, 0.25) is 0 Å². The van der Waals surface area contributed by atoms with Gasteiger partial charge in [0.1, 0.15) is 11.4 Å². The smallest absolute Gasteiger partial charge is 0.325 e. The molecule has 2 saturated heterocycles. The fourth-order valence-corrected chi connectivity index (χ4v) is 4.12. The Kier molecular flexibility index (Phi) is 4.86. The van der Waals surface area contributed by atoms with Crippen LogP contribution in [0.4, 0.5) is 9.18 Å². The minimum Gasteiger partial charge on any atom is -0.459 e. The summed E-state index contributed by atoms with van der Waals surface area (Å²) in [4.78, 5) is 40.9. The first kappa shape index (κ1) is 19.2. The number of piperidine rings is 1. The molecule has 2 aliphatic rings. The van der Waals surface area contributed by atoms with E-state index in [0.29, 0.717) is 37.3 Å². The number of furan rings is 1. The molecule has 152 valence electrons. The molecule has 0 bridgehead atoms. The first-order valence-electron chi connectivity index (χ1n) is 9.60. The summed E-state index contributed by atoms with van der Waals surface area (Å²) in [5.41, 5.74) is -0.338. The molecule has 1 N–H and O–H groups in total. The van der Waals surface area contributed by atoms with Crippen LogP contribution < -0.4 is 5.32 Å². The number of halogens is 1. The van der Waals surface area contributed by atoms with Crippen molar-refractivity contribution >= 4 is 17.8 Å². The summed E-state index contributed by atoms with van der Waals surface area (Å²) in [5, 5.41) is 2.84. The topological polar surface area (TPSA) is 82.9 Å². The molecule has 0 radical (unpaired) electrons. The Balaban J connectivity index is 1.42. The number of hydrogen-bond donors (Lipinski definition) is 1. The number of hydrogen-bond acceptors (Lipinski definition) is 4. The van der Waals surface area contributed by atoms with Gasteiger partial charge in [0, 0.05) is 13.1 Å². The van der Waals surface area contributed by atoms with Crippen molar-refractivity contribution in [2.75, 3.05) is 13.1 Å². The highest BCUT2D eigenvalue weighted by Crippen LogP contribution is 2.34. The maximum atomic E-state index is 13.1. The van der Waals surface area contributed by atoms with Crippen LogP contribution in [0.25, 0.3) is 0 Å². The zero-order chi connectivity index (χ0) is 20.6. The van der Waals surface area contributed by atoms with E-state index in [2.05, 4.69) is 5.32 Å². The molecule has 4 amide bonds. The normalized spacial score (nSPS) is 22.8. The number of amides is 4. The van der Waals surface area contributed by atoms with Crippen molar-refractivity contribution in [3.8, 4) is 0 Å². The lowest BCUT2D eigenvalue weighted by molar-refractivity contribution is -0.133. The largest absolute Gasteiger partial charge is 0.459 e. The van der Waals surface area contributed by atoms with Crippen molar-refractivity contribution in [2.45, 2.75) is 31.8 Å². The van der Waals surface area contributed by atoms with E-state index < -0.39 is 11.6 Å². The van der Waals surface area contributed by atoms with Gasteiger partial charge in [-0.25, -0.2) is 9.18 Å². The van der Waals surface area contributed by atoms with Gasteiger partial charge >= 0.3 is 6.03 Å². The van der Waals surface area contributed by atoms with Crippen molar-refractivity contribution in [1.82, 2.24) is 15.1 Å². The maximum Gasteiger partial charge on any atom is 0.325 e. The number of nitrogens with one attached hydrogen (secondary N) is 1. The zero-order valence-corrected chi connectivity index (χ0v) is 16.1. The molecule has 3 heterocycles. The van der Waals surface area contributed by atoms with Gasteiger partial charge in [0.15, 0.2) is 5.76 Å². The lowest BCUT2D eigenvalue weighted by Gasteiger charge is -2.38. The molecule has 7 nitrogen and oxygen atoms in total. The maximum absolute atomic E-state index is 13.1. The molecule has 8 heteroatoms. The van der Waals surface area contributed by atoms with Gasteiger partial charge in [-0.15, -0.1) is 0 Å². The van der Waals surface area contributed by atoms with Crippen molar-refractivity contribution in [1.29, 1.82) is 0 Å². The van der Waals surface area contributed by atoms with E-state index in [1.165, 1.54) is 23.3 Å². The lowest BCUT2D eigenvalue weighted by Crippen LogP contribution is -2.54. The first-order chi connectivity index (χ1) is 13.9. The van der Waals surface area contributed by atoms with Gasteiger partial charge in [-0.2, -0.15) is 0 Å². The van der Waals surface area contributed by atoms with Crippen LogP contribution >= 0.6 is 0 Å². The number of imide groups is 1. The van der Waals surface area contributed by atoms with E-state index in [9.17, 15) is 18.8 Å². The highest BCUT2D eigenvalue weighted by Gasteiger charge is 2.52. The van der Waals surface area contributed by atoms with Crippen LogP contribution in [0.15, 0.2) is 47.1 Å². The van der Waals surface area contributed by atoms with Crippen molar-refractivity contribution in [3.05, 3.63) is 59.8 Å². The minimum atomic E-state index is -1.02. The number of urea groups is 1. The molecule has 4 rings (SSSR count).